The fraction of sp³-hybridized carbons (Fsp3) is 0.875. The smallest absolute Gasteiger partial charge is 0.327 e. The fourth-order valence-electron chi connectivity index (χ4n) is 6.64. The minimum atomic E-state index is -0.262. The summed E-state index contributed by atoms with van der Waals surface area (Å²) >= 11 is 0. The second-order valence-corrected chi connectivity index (χ2v) is 12.5. The molecule has 0 aromatic carbocycles. The van der Waals surface area contributed by atoms with Crippen molar-refractivity contribution in [2.75, 3.05) is 45.9 Å². The van der Waals surface area contributed by atoms with Gasteiger partial charge in [-0.05, 0) is 68.6 Å². The van der Waals surface area contributed by atoms with Crippen molar-refractivity contribution in [3.8, 4) is 0 Å². The van der Waals surface area contributed by atoms with E-state index in [4.69, 9.17) is 4.74 Å². The number of imide groups is 2. The highest BCUT2D eigenvalue weighted by Gasteiger charge is 2.35. The van der Waals surface area contributed by atoms with Crippen molar-refractivity contribution in [2.45, 2.75) is 119 Å². The molecule has 6 amide bonds. The molecule has 0 saturated carbocycles. The third-order valence-corrected chi connectivity index (χ3v) is 10.4. The van der Waals surface area contributed by atoms with Crippen LogP contribution in [-0.2, 0) is 14.3 Å². The summed E-state index contributed by atoms with van der Waals surface area (Å²) in [6.45, 7) is 16.9. The molecule has 1 unspecified atom stereocenters. The standard InChI is InChI=1S/C32H58N4O5/c1-7-31(6,8-2)26(17-21-35-24-27(37)33-29(35)39)16-14-23-41-22-13-12-18-32(9-3,10-4)19-15-20-36-28(38)25-34(11-5)30(36)40/h26H,7-25H2,1-6H3,(H,33,37,39). The van der Waals surface area contributed by atoms with E-state index in [1.807, 2.05) is 6.92 Å². The molecule has 0 radical (unpaired) electrons. The first kappa shape index (κ1) is 35.0. The van der Waals surface area contributed by atoms with Crippen LogP contribution in [0.25, 0.3) is 0 Å². The fourth-order valence-corrected chi connectivity index (χ4v) is 6.64. The van der Waals surface area contributed by atoms with E-state index in [1.165, 1.54) is 4.90 Å². The lowest BCUT2D eigenvalue weighted by Crippen LogP contribution is -2.34. The highest BCUT2D eigenvalue weighted by Crippen LogP contribution is 2.40. The molecule has 0 aromatic heterocycles. The van der Waals surface area contributed by atoms with Gasteiger partial charge in [-0.15, -0.1) is 0 Å². The molecule has 9 heteroatoms. The molecule has 2 fully saturated rings. The van der Waals surface area contributed by atoms with Gasteiger partial charge in [-0.1, -0.05) is 66.7 Å². The van der Waals surface area contributed by atoms with Crippen molar-refractivity contribution in [3.05, 3.63) is 0 Å². The van der Waals surface area contributed by atoms with Gasteiger partial charge in [0.05, 0.1) is 0 Å². The van der Waals surface area contributed by atoms with Gasteiger partial charge >= 0.3 is 12.1 Å². The average Bonchev–Trinajstić information content (AvgIpc) is 3.45. The Morgan fingerprint density at radius 2 is 1.44 bits per heavy atom. The third-order valence-electron chi connectivity index (χ3n) is 10.4. The summed E-state index contributed by atoms with van der Waals surface area (Å²) in [5.74, 6) is 0.210. The second kappa shape index (κ2) is 17.1. The Balaban J connectivity index is 1.69. The molecule has 0 bridgehead atoms. The van der Waals surface area contributed by atoms with Crippen LogP contribution in [0.2, 0.25) is 0 Å². The average molecular weight is 579 g/mol. The first-order valence-electron chi connectivity index (χ1n) is 16.3. The summed E-state index contributed by atoms with van der Waals surface area (Å²) in [5.41, 5.74) is 0.472. The van der Waals surface area contributed by atoms with E-state index in [2.05, 4.69) is 39.9 Å². The van der Waals surface area contributed by atoms with Crippen molar-refractivity contribution in [3.63, 3.8) is 0 Å². The molecular formula is C32H58N4O5. The number of unbranched alkanes of at least 4 members (excludes halogenated alkanes) is 1. The van der Waals surface area contributed by atoms with Gasteiger partial charge in [-0.3, -0.25) is 19.8 Å². The topological polar surface area (TPSA) is 99.3 Å². The predicted octanol–water partition coefficient (Wildman–Crippen LogP) is 6.21. The lowest BCUT2D eigenvalue weighted by molar-refractivity contribution is -0.125. The summed E-state index contributed by atoms with van der Waals surface area (Å²) < 4.78 is 6.04. The molecule has 2 rings (SSSR count). The van der Waals surface area contributed by atoms with E-state index in [9.17, 15) is 19.2 Å². The molecule has 236 valence electrons. The van der Waals surface area contributed by atoms with Crippen LogP contribution in [0, 0.1) is 16.7 Å². The van der Waals surface area contributed by atoms with E-state index in [-0.39, 0.29) is 47.8 Å². The van der Waals surface area contributed by atoms with Crippen LogP contribution in [0.1, 0.15) is 119 Å². The van der Waals surface area contributed by atoms with Crippen LogP contribution < -0.4 is 5.32 Å². The molecule has 2 aliphatic heterocycles. The van der Waals surface area contributed by atoms with Gasteiger partial charge in [0, 0.05) is 32.8 Å². The van der Waals surface area contributed by atoms with Gasteiger partial charge in [0.15, 0.2) is 0 Å². The van der Waals surface area contributed by atoms with E-state index in [0.29, 0.717) is 25.6 Å². The maximum atomic E-state index is 12.4. The van der Waals surface area contributed by atoms with Crippen LogP contribution in [-0.4, -0.2) is 84.5 Å². The number of nitrogens with one attached hydrogen (secondary N) is 1. The third kappa shape index (κ3) is 9.97. The number of amides is 6. The van der Waals surface area contributed by atoms with Gasteiger partial charge in [-0.2, -0.15) is 0 Å². The first-order chi connectivity index (χ1) is 19.6. The van der Waals surface area contributed by atoms with E-state index >= 15 is 0 Å². The maximum absolute atomic E-state index is 12.4. The number of carbonyl (C=O) groups excluding carboxylic acids is 4. The summed E-state index contributed by atoms with van der Waals surface area (Å²) in [4.78, 5) is 52.8. The Morgan fingerprint density at radius 1 is 0.780 bits per heavy atom. The molecule has 0 aromatic rings. The second-order valence-electron chi connectivity index (χ2n) is 12.5. The van der Waals surface area contributed by atoms with Gasteiger partial charge in [0.25, 0.3) is 0 Å². The quantitative estimate of drug-likeness (QED) is 0.122. The molecular weight excluding hydrogens is 520 g/mol. The highest BCUT2D eigenvalue weighted by molar-refractivity contribution is 6.02. The van der Waals surface area contributed by atoms with Crippen LogP contribution in [0.5, 0.6) is 0 Å². The van der Waals surface area contributed by atoms with Gasteiger partial charge in [0.1, 0.15) is 13.1 Å². The number of urea groups is 2. The molecule has 2 aliphatic rings. The predicted molar refractivity (Wildman–Crippen MR) is 162 cm³/mol. The van der Waals surface area contributed by atoms with E-state index < -0.39 is 0 Å². The Hall–Kier alpha value is -2.16. The molecule has 1 atom stereocenters. The van der Waals surface area contributed by atoms with Crippen molar-refractivity contribution < 1.29 is 23.9 Å². The summed E-state index contributed by atoms with van der Waals surface area (Å²) in [6.07, 6.45) is 12.6. The molecule has 2 heterocycles. The highest BCUT2D eigenvalue weighted by atomic mass is 16.5. The zero-order valence-electron chi connectivity index (χ0n) is 26.9. The van der Waals surface area contributed by atoms with Crippen LogP contribution >= 0.6 is 0 Å². The number of ether oxygens (including phenoxy) is 1. The largest absolute Gasteiger partial charge is 0.381 e. The molecule has 41 heavy (non-hydrogen) atoms. The molecule has 1 N–H and O–H groups in total. The number of rotatable bonds is 22. The normalized spacial score (nSPS) is 17.3. The van der Waals surface area contributed by atoms with Crippen LogP contribution in [0.15, 0.2) is 0 Å². The number of carbonyl (C=O) groups is 4. The number of nitrogens with zero attached hydrogens (tertiary/aromatic N) is 3. The number of hydrogen-bond acceptors (Lipinski definition) is 5. The minimum Gasteiger partial charge on any atom is -0.381 e. The first-order valence-corrected chi connectivity index (χ1v) is 16.3. The van der Waals surface area contributed by atoms with Crippen molar-refractivity contribution in [1.29, 1.82) is 0 Å². The Labute approximate surface area is 249 Å². The monoisotopic (exact) mass is 578 g/mol. The van der Waals surface area contributed by atoms with Crippen LogP contribution in [0.3, 0.4) is 0 Å². The SMILES string of the molecule is CCN1CC(=O)N(CCCC(CC)(CC)CCCCOCCCC(CCN2CC(=O)NC2=O)C(C)(CC)CC)C1=O. The zero-order chi connectivity index (χ0) is 30.5. The molecule has 9 nitrogen and oxygen atoms in total. The van der Waals surface area contributed by atoms with Gasteiger partial charge in [-0.25, -0.2) is 9.59 Å². The minimum absolute atomic E-state index is 0.0663. The lowest BCUT2D eigenvalue weighted by atomic mass is 9.69. The van der Waals surface area contributed by atoms with E-state index in [1.54, 1.807) is 9.80 Å². The van der Waals surface area contributed by atoms with Crippen molar-refractivity contribution in [2.24, 2.45) is 16.7 Å². The van der Waals surface area contributed by atoms with Crippen molar-refractivity contribution >= 4 is 23.9 Å². The van der Waals surface area contributed by atoms with E-state index in [0.717, 1.165) is 90.3 Å². The lowest BCUT2D eigenvalue weighted by Gasteiger charge is -2.37. The Bertz CT molecular complexity index is 855. The van der Waals surface area contributed by atoms with Crippen molar-refractivity contribution in [1.82, 2.24) is 20.0 Å². The Kier molecular flexibility index (Phi) is 14.6. The Morgan fingerprint density at radius 3 is 2.00 bits per heavy atom. The number of hydrogen-bond donors (Lipinski definition) is 1. The zero-order valence-corrected chi connectivity index (χ0v) is 26.9. The molecule has 0 aliphatic carbocycles. The van der Waals surface area contributed by atoms with Gasteiger partial charge < -0.3 is 14.5 Å². The maximum Gasteiger partial charge on any atom is 0.327 e. The number of likely N-dealkylation sites (N-methyl/N-ethyl adjacent to an activating group) is 1. The summed E-state index contributed by atoms with van der Waals surface area (Å²) in [6, 6.07) is -0.397. The summed E-state index contributed by atoms with van der Waals surface area (Å²) in [5, 5.41) is 2.38. The van der Waals surface area contributed by atoms with Gasteiger partial charge in [0.2, 0.25) is 11.8 Å². The molecule has 2 saturated heterocycles. The molecule has 0 spiro atoms. The van der Waals surface area contributed by atoms with Crippen LogP contribution in [0.4, 0.5) is 9.59 Å². The summed E-state index contributed by atoms with van der Waals surface area (Å²) in [7, 11) is 0.